The van der Waals surface area contributed by atoms with Crippen LogP contribution in [0.4, 0.5) is 10.3 Å². The molecule has 6 nitrogen and oxygen atoms in total. The van der Waals surface area contributed by atoms with Crippen molar-refractivity contribution in [3.63, 3.8) is 0 Å². The van der Waals surface area contributed by atoms with E-state index in [0.717, 1.165) is 0 Å². The minimum absolute atomic E-state index is 0.115. The number of amides is 1. The summed E-state index contributed by atoms with van der Waals surface area (Å²) in [7, 11) is 1.67. The zero-order chi connectivity index (χ0) is 18.6. The SMILES string of the molecule is CN(CC1(O)CCN(c2ncccn2)C1)C(=O)CCc1ccccc1F. The first kappa shape index (κ1) is 18.3. The number of anilines is 1. The molecule has 0 aliphatic carbocycles. The van der Waals surface area contributed by atoms with Crippen molar-refractivity contribution < 1.29 is 14.3 Å². The number of rotatable bonds is 6. The Kier molecular flexibility index (Phi) is 5.46. The molecule has 1 aliphatic heterocycles. The number of β-amino-alcohol motifs (C(OH)–C–C–N with tert-alkyl or cyclic N) is 1. The second kappa shape index (κ2) is 7.78. The molecular weight excluding hydrogens is 335 g/mol. The molecule has 1 N–H and O–H groups in total. The molecule has 26 heavy (non-hydrogen) atoms. The normalized spacial score (nSPS) is 19.6. The van der Waals surface area contributed by atoms with Gasteiger partial charge in [-0.2, -0.15) is 0 Å². The predicted octanol–water partition coefficient (Wildman–Crippen LogP) is 1.65. The van der Waals surface area contributed by atoms with Gasteiger partial charge in [0.05, 0.1) is 13.1 Å². The van der Waals surface area contributed by atoms with Crippen LogP contribution >= 0.6 is 0 Å². The Hall–Kier alpha value is -2.54. The standard InChI is InChI=1S/C19H23FN4O2/c1-23(17(25)8-7-15-5-2-3-6-16(15)20)13-19(26)9-12-24(14-19)18-21-10-4-11-22-18/h2-6,10-11,26H,7-9,12-14H2,1H3. The fraction of sp³-hybridized carbons (Fsp3) is 0.421. The van der Waals surface area contributed by atoms with Crippen LogP contribution in [0.25, 0.3) is 0 Å². The number of halogens is 1. The van der Waals surface area contributed by atoms with E-state index >= 15 is 0 Å². The van der Waals surface area contributed by atoms with E-state index in [0.29, 0.717) is 37.4 Å². The van der Waals surface area contributed by atoms with Gasteiger partial charge in [0.25, 0.3) is 0 Å². The van der Waals surface area contributed by atoms with Crippen LogP contribution in [0.1, 0.15) is 18.4 Å². The topological polar surface area (TPSA) is 69.6 Å². The van der Waals surface area contributed by atoms with Gasteiger partial charge < -0.3 is 14.9 Å². The molecule has 1 aliphatic rings. The number of carbonyl (C=O) groups is 1. The van der Waals surface area contributed by atoms with Gasteiger partial charge >= 0.3 is 0 Å². The number of hydrogen-bond acceptors (Lipinski definition) is 5. The number of hydrogen-bond donors (Lipinski definition) is 1. The molecule has 1 amide bonds. The van der Waals surface area contributed by atoms with Crippen molar-refractivity contribution in [3.8, 4) is 0 Å². The van der Waals surface area contributed by atoms with Gasteiger partial charge in [0.15, 0.2) is 0 Å². The van der Waals surface area contributed by atoms with E-state index in [1.165, 1.54) is 11.0 Å². The van der Waals surface area contributed by atoms with Crippen molar-refractivity contribution in [1.82, 2.24) is 14.9 Å². The summed E-state index contributed by atoms with van der Waals surface area (Å²) in [5, 5.41) is 10.8. The van der Waals surface area contributed by atoms with Crippen LogP contribution in [0.15, 0.2) is 42.7 Å². The summed E-state index contributed by atoms with van der Waals surface area (Å²) in [4.78, 5) is 24.2. The lowest BCUT2D eigenvalue weighted by Gasteiger charge is -2.29. The first-order valence-corrected chi connectivity index (χ1v) is 8.69. The number of carbonyl (C=O) groups excluding carboxylic acids is 1. The highest BCUT2D eigenvalue weighted by Crippen LogP contribution is 2.25. The molecule has 0 radical (unpaired) electrons. The third-order valence-corrected chi connectivity index (χ3v) is 4.69. The first-order valence-electron chi connectivity index (χ1n) is 8.69. The highest BCUT2D eigenvalue weighted by atomic mass is 19.1. The Balaban J connectivity index is 1.53. The maximum atomic E-state index is 13.7. The quantitative estimate of drug-likeness (QED) is 0.850. The summed E-state index contributed by atoms with van der Waals surface area (Å²) in [5.74, 6) is 0.170. The maximum Gasteiger partial charge on any atom is 0.225 e. The van der Waals surface area contributed by atoms with Crippen LogP contribution in [0, 0.1) is 5.82 Å². The molecule has 1 aromatic heterocycles. The van der Waals surface area contributed by atoms with Gasteiger partial charge in [0, 0.05) is 32.4 Å². The first-order chi connectivity index (χ1) is 12.5. The van der Waals surface area contributed by atoms with E-state index in [9.17, 15) is 14.3 Å². The molecule has 1 atom stereocenters. The van der Waals surface area contributed by atoms with Crippen LogP contribution in [0.2, 0.25) is 0 Å². The molecule has 7 heteroatoms. The average Bonchev–Trinajstić information content (AvgIpc) is 3.03. The Morgan fingerprint density at radius 3 is 2.77 bits per heavy atom. The summed E-state index contributed by atoms with van der Waals surface area (Å²) < 4.78 is 13.7. The van der Waals surface area contributed by atoms with E-state index in [1.807, 2.05) is 4.90 Å². The van der Waals surface area contributed by atoms with Gasteiger partial charge in [-0.05, 0) is 30.5 Å². The van der Waals surface area contributed by atoms with Crippen molar-refractivity contribution in [3.05, 3.63) is 54.1 Å². The zero-order valence-corrected chi connectivity index (χ0v) is 14.8. The van der Waals surface area contributed by atoms with Gasteiger partial charge in [-0.15, -0.1) is 0 Å². The average molecular weight is 358 g/mol. The van der Waals surface area contributed by atoms with Gasteiger partial charge in [-0.25, -0.2) is 14.4 Å². The minimum Gasteiger partial charge on any atom is -0.386 e. The second-order valence-electron chi connectivity index (χ2n) is 6.79. The van der Waals surface area contributed by atoms with Crippen LogP contribution < -0.4 is 4.90 Å². The lowest BCUT2D eigenvalue weighted by Crippen LogP contribution is -2.46. The molecule has 0 spiro atoms. The van der Waals surface area contributed by atoms with E-state index in [4.69, 9.17) is 0 Å². The smallest absolute Gasteiger partial charge is 0.225 e. The summed E-state index contributed by atoms with van der Waals surface area (Å²) in [6.07, 6.45) is 4.42. The summed E-state index contributed by atoms with van der Waals surface area (Å²) in [6, 6.07) is 8.21. The van der Waals surface area contributed by atoms with Crippen molar-refractivity contribution in [2.75, 3.05) is 31.6 Å². The van der Waals surface area contributed by atoms with Gasteiger partial charge in [-0.1, -0.05) is 18.2 Å². The largest absolute Gasteiger partial charge is 0.386 e. The highest BCUT2D eigenvalue weighted by Gasteiger charge is 2.38. The molecule has 138 valence electrons. The Labute approximate surface area is 152 Å². The monoisotopic (exact) mass is 358 g/mol. The third kappa shape index (κ3) is 4.35. The van der Waals surface area contributed by atoms with Crippen LogP contribution in [-0.2, 0) is 11.2 Å². The van der Waals surface area contributed by atoms with Gasteiger partial charge in [-0.3, -0.25) is 4.79 Å². The number of aliphatic hydroxyl groups is 1. The number of likely N-dealkylation sites (N-methyl/N-ethyl adjacent to an activating group) is 1. The lowest BCUT2D eigenvalue weighted by atomic mass is 10.0. The van der Waals surface area contributed by atoms with Crippen LogP contribution in [0.5, 0.6) is 0 Å². The summed E-state index contributed by atoms with van der Waals surface area (Å²) >= 11 is 0. The maximum absolute atomic E-state index is 13.7. The van der Waals surface area contributed by atoms with E-state index < -0.39 is 5.60 Å². The Morgan fingerprint density at radius 1 is 1.31 bits per heavy atom. The van der Waals surface area contributed by atoms with Crippen molar-refractivity contribution in [2.24, 2.45) is 0 Å². The molecule has 0 bridgehead atoms. The Bertz CT molecular complexity index is 758. The number of nitrogens with zero attached hydrogens (tertiary/aromatic N) is 4. The molecule has 3 rings (SSSR count). The van der Waals surface area contributed by atoms with E-state index in [-0.39, 0.29) is 24.7 Å². The van der Waals surface area contributed by atoms with Gasteiger partial charge in [0.1, 0.15) is 11.4 Å². The van der Waals surface area contributed by atoms with Gasteiger partial charge in [0.2, 0.25) is 11.9 Å². The van der Waals surface area contributed by atoms with E-state index in [1.54, 1.807) is 43.7 Å². The number of aromatic nitrogens is 2. The number of benzene rings is 1. The number of aryl methyl sites for hydroxylation is 1. The highest BCUT2D eigenvalue weighted by molar-refractivity contribution is 5.76. The molecule has 1 unspecified atom stereocenters. The molecule has 0 saturated carbocycles. The minimum atomic E-state index is -0.998. The fourth-order valence-electron chi connectivity index (χ4n) is 3.27. The third-order valence-electron chi connectivity index (χ3n) is 4.69. The van der Waals surface area contributed by atoms with Crippen molar-refractivity contribution >= 4 is 11.9 Å². The Morgan fingerprint density at radius 2 is 2.04 bits per heavy atom. The lowest BCUT2D eigenvalue weighted by molar-refractivity contribution is -0.132. The molecule has 2 aromatic rings. The second-order valence-corrected chi connectivity index (χ2v) is 6.79. The van der Waals surface area contributed by atoms with Crippen LogP contribution in [-0.4, -0.2) is 58.2 Å². The predicted molar refractivity (Wildman–Crippen MR) is 96.2 cm³/mol. The zero-order valence-electron chi connectivity index (χ0n) is 14.8. The molecule has 2 heterocycles. The molecule has 1 aromatic carbocycles. The molecule has 1 fully saturated rings. The van der Waals surface area contributed by atoms with E-state index in [2.05, 4.69) is 9.97 Å². The molecule has 1 saturated heterocycles. The fourth-order valence-corrected chi connectivity index (χ4v) is 3.27. The van der Waals surface area contributed by atoms with Crippen molar-refractivity contribution in [2.45, 2.75) is 24.9 Å². The molecular formula is C19H23FN4O2. The summed E-state index contributed by atoms with van der Waals surface area (Å²) in [5.41, 5.74) is -0.469. The van der Waals surface area contributed by atoms with Crippen LogP contribution in [0.3, 0.4) is 0 Å². The van der Waals surface area contributed by atoms with Crippen molar-refractivity contribution in [1.29, 1.82) is 0 Å². The summed E-state index contributed by atoms with van der Waals surface area (Å²) in [6.45, 7) is 1.24.